The highest BCUT2D eigenvalue weighted by molar-refractivity contribution is 5.87. The maximum Gasteiger partial charge on any atom is 0.310 e. The van der Waals surface area contributed by atoms with Crippen LogP contribution in [0.3, 0.4) is 0 Å². The van der Waals surface area contributed by atoms with Crippen molar-refractivity contribution in [2.75, 3.05) is 0 Å². The lowest BCUT2D eigenvalue weighted by Crippen LogP contribution is -2.56. The molecule has 6 heteroatoms. The summed E-state index contributed by atoms with van der Waals surface area (Å²) in [5, 5.41) is 19.7. The minimum absolute atomic E-state index is 0.0612. The van der Waals surface area contributed by atoms with E-state index < -0.39 is 22.8 Å². The molecule has 0 spiro atoms. The van der Waals surface area contributed by atoms with Gasteiger partial charge in [-0.3, -0.25) is 9.59 Å². The van der Waals surface area contributed by atoms with Crippen LogP contribution in [0.25, 0.3) is 0 Å². The van der Waals surface area contributed by atoms with Crippen molar-refractivity contribution in [2.24, 2.45) is 10.8 Å². The smallest absolute Gasteiger partial charge is 0.310 e. The third-order valence-corrected chi connectivity index (χ3v) is 5.92. The van der Waals surface area contributed by atoms with Crippen LogP contribution in [-0.2, 0) is 19.1 Å². The molecule has 0 aromatic heterocycles. The fourth-order valence-electron chi connectivity index (χ4n) is 4.56. The van der Waals surface area contributed by atoms with E-state index >= 15 is 0 Å². The zero-order chi connectivity index (χ0) is 14.1. The SMILES string of the molecule is O=C(O)C1(C2(C(=O)O)CCC3OC3C2)CCC2OC2C1. The van der Waals surface area contributed by atoms with Crippen molar-refractivity contribution < 1.29 is 29.3 Å². The molecule has 4 aliphatic rings. The molecule has 6 nitrogen and oxygen atoms in total. The third-order valence-electron chi connectivity index (χ3n) is 5.92. The van der Waals surface area contributed by atoms with E-state index in [4.69, 9.17) is 9.47 Å². The summed E-state index contributed by atoms with van der Waals surface area (Å²) < 4.78 is 10.9. The average Bonchev–Trinajstić information content (AvgIpc) is 3.30. The number of carboxylic acids is 2. The van der Waals surface area contributed by atoms with Crippen molar-refractivity contribution in [3.05, 3.63) is 0 Å². The van der Waals surface area contributed by atoms with Crippen LogP contribution in [0.1, 0.15) is 38.5 Å². The molecule has 2 heterocycles. The Labute approximate surface area is 116 Å². The molecule has 6 atom stereocenters. The zero-order valence-electron chi connectivity index (χ0n) is 11.1. The quantitative estimate of drug-likeness (QED) is 0.750. The Morgan fingerprint density at radius 3 is 1.50 bits per heavy atom. The molecule has 6 unspecified atom stereocenters. The molecule has 2 aliphatic carbocycles. The molecule has 4 fully saturated rings. The molecule has 0 aromatic carbocycles. The van der Waals surface area contributed by atoms with Crippen LogP contribution in [0.2, 0.25) is 0 Å². The summed E-state index contributed by atoms with van der Waals surface area (Å²) in [7, 11) is 0. The lowest BCUT2D eigenvalue weighted by Gasteiger charge is -2.47. The summed E-state index contributed by atoms with van der Waals surface area (Å²) >= 11 is 0. The van der Waals surface area contributed by atoms with Gasteiger partial charge in [0.1, 0.15) is 0 Å². The van der Waals surface area contributed by atoms with Gasteiger partial charge in [0, 0.05) is 0 Å². The highest BCUT2D eigenvalue weighted by atomic mass is 16.6. The van der Waals surface area contributed by atoms with E-state index in [-0.39, 0.29) is 24.4 Å². The van der Waals surface area contributed by atoms with E-state index in [1.54, 1.807) is 0 Å². The molecule has 4 rings (SSSR count). The second kappa shape index (κ2) is 3.74. The minimum Gasteiger partial charge on any atom is -0.481 e. The van der Waals surface area contributed by atoms with Gasteiger partial charge in [0.2, 0.25) is 0 Å². The Hall–Kier alpha value is -1.14. The predicted octanol–water partition coefficient (Wildman–Crippen LogP) is 1.03. The number of carbonyl (C=O) groups is 2. The molecular formula is C14H18O6. The van der Waals surface area contributed by atoms with Crippen LogP contribution in [0, 0.1) is 10.8 Å². The summed E-state index contributed by atoms with van der Waals surface area (Å²) in [6, 6.07) is 0. The molecule has 2 saturated heterocycles. The minimum atomic E-state index is -1.20. The average molecular weight is 282 g/mol. The van der Waals surface area contributed by atoms with Gasteiger partial charge in [0.05, 0.1) is 35.2 Å². The topological polar surface area (TPSA) is 99.7 Å². The van der Waals surface area contributed by atoms with Crippen molar-refractivity contribution in [3.8, 4) is 0 Å². The number of hydrogen-bond donors (Lipinski definition) is 2. The number of aliphatic carboxylic acids is 2. The predicted molar refractivity (Wildman–Crippen MR) is 65.2 cm³/mol. The van der Waals surface area contributed by atoms with Gasteiger partial charge in [-0.05, 0) is 38.5 Å². The monoisotopic (exact) mass is 282 g/mol. The molecule has 0 bridgehead atoms. The number of epoxide rings is 2. The number of fused-ring (bicyclic) bond motifs is 2. The van der Waals surface area contributed by atoms with Crippen molar-refractivity contribution in [1.82, 2.24) is 0 Å². The number of ether oxygens (including phenoxy) is 2. The molecule has 20 heavy (non-hydrogen) atoms. The molecule has 0 amide bonds. The molecular weight excluding hydrogens is 264 g/mol. The van der Waals surface area contributed by atoms with Crippen LogP contribution in [0.4, 0.5) is 0 Å². The zero-order valence-corrected chi connectivity index (χ0v) is 11.1. The lowest BCUT2D eigenvalue weighted by atomic mass is 9.52. The number of hydrogen-bond acceptors (Lipinski definition) is 4. The third kappa shape index (κ3) is 1.46. The van der Waals surface area contributed by atoms with Gasteiger partial charge in [0.15, 0.2) is 0 Å². The van der Waals surface area contributed by atoms with Crippen molar-refractivity contribution in [3.63, 3.8) is 0 Å². The molecule has 110 valence electrons. The first kappa shape index (κ1) is 12.6. The summed E-state index contributed by atoms with van der Waals surface area (Å²) in [6.45, 7) is 0. The Kier molecular flexibility index (Phi) is 2.35. The van der Waals surface area contributed by atoms with Gasteiger partial charge in [-0.1, -0.05) is 0 Å². The maximum absolute atomic E-state index is 12.0. The summed E-state index contributed by atoms with van der Waals surface area (Å²) in [6.07, 6.45) is 2.95. The first-order chi connectivity index (χ1) is 9.48. The molecule has 2 aliphatic heterocycles. The fourth-order valence-corrected chi connectivity index (χ4v) is 4.56. The second-order valence-electron chi connectivity index (χ2n) is 6.69. The molecule has 2 N–H and O–H groups in total. The van der Waals surface area contributed by atoms with E-state index in [0.717, 1.165) is 0 Å². The standard InChI is InChI=1S/C14H18O6/c15-11(16)13(3-1-7-9(5-13)19-7)14(12(17)18)4-2-8-10(6-14)20-8/h7-10H,1-6H2,(H,15,16)(H,17,18). The van der Waals surface area contributed by atoms with Gasteiger partial charge >= 0.3 is 11.9 Å². The first-order valence-corrected chi connectivity index (χ1v) is 7.26. The van der Waals surface area contributed by atoms with Gasteiger partial charge in [-0.15, -0.1) is 0 Å². The Morgan fingerprint density at radius 1 is 0.800 bits per heavy atom. The van der Waals surface area contributed by atoms with E-state index in [0.29, 0.717) is 38.5 Å². The fraction of sp³-hybridized carbons (Fsp3) is 0.857. The first-order valence-electron chi connectivity index (χ1n) is 7.26. The number of rotatable bonds is 3. The van der Waals surface area contributed by atoms with Crippen molar-refractivity contribution in [1.29, 1.82) is 0 Å². The van der Waals surface area contributed by atoms with Crippen LogP contribution in [0.5, 0.6) is 0 Å². The Balaban J connectivity index is 1.75. The Bertz CT molecular complexity index is 446. The maximum atomic E-state index is 12.0. The van der Waals surface area contributed by atoms with Gasteiger partial charge < -0.3 is 19.7 Å². The van der Waals surface area contributed by atoms with Crippen LogP contribution < -0.4 is 0 Å². The van der Waals surface area contributed by atoms with Crippen LogP contribution in [0.15, 0.2) is 0 Å². The highest BCUT2D eigenvalue weighted by Gasteiger charge is 2.69. The summed E-state index contributed by atoms with van der Waals surface area (Å²) in [4.78, 5) is 24.0. The van der Waals surface area contributed by atoms with E-state index in [1.165, 1.54) is 0 Å². The van der Waals surface area contributed by atoms with Gasteiger partial charge in [0.25, 0.3) is 0 Å². The lowest BCUT2D eigenvalue weighted by molar-refractivity contribution is -0.181. The normalized spacial score (nSPS) is 52.6. The Morgan fingerprint density at radius 2 is 1.20 bits per heavy atom. The summed E-state index contributed by atoms with van der Waals surface area (Å²) in [5.74, 6) is -1.96. The highest BCUT2D eigenvalue weighted by Crippen LogP contribution is 2.62. The van der Waals surface area contributed by atoms with Crippen LogP contribution >= 0.6 is 0 Å². The second-order valence-corrected chi connectivity index (χ2v) is 6.69. The van der Waals surface area contributed by atoms with Crippen LogP contribution in [-0.4, -0.2) is 46.6 Å². The van der Waals surface area contributed by atoms with Gasteiger partial charge in [-0.2, -0.15) is 0 Å². The molecule has 2 saturated carbocycles. The number of carboxylic acid groups (broad SMARTS) is 2. The van der Waals surface area contributed by atoms with Crippen molar-refractivity contribution in [2.45, 2.75) is 62.9 Å². The summed E-state index contributed by atoms with van der Waals surface area (Å²) in [5.41, 5.74) is -2.40. The van der Waals surface area contributed by atoms with Crippen molar-refractivity contribution >= 4 is 11.9 Å². The largest absolute Gasteiger partial charge is 0.481 e. The van der Waals surface area contributed by atoms with Gasteiger partial charge in [-0.25, -0.2) is 0 Å². The van der Waals surface area contributed by atoms with E-state index in [1.807, 2.05) is 0 Å². The molecule has 0 aromatic rings. The van der Waals surface area contributed by atoms with E-state index in [2.05, 4.69) is 0 Å². The van der Waals surface area contributed by atoms with E-state index in [9.17, 15) is 19.8 Å². The molecule has 0 radical (unpaired) electrons.